The predicted molar refractivity (Wildman–Crippen MR) is 44.0 cm³/mol. The zero-order valence-electron chi connectivity index (χ0n) is 8.04. The van der Waals surface area contributed by atoms with E-state index in [0.29, 0.717) is 5.01 Å². The Hall–Kier alpha value is -1.60. The number of rotatable bonds is 4. The average molecular weight is 226 g/mol. The van der Waals surface area contributed by atoms with Gasteiger partial charge in [-0.1, -0.05) is 0 Å². The van der Waals surface area contributed by atoms with Crippen molar-refractivity contribution in [2.24, 2.45) is 5.10 Å². The molecule has 0 aliphatic rings. The smallest absolute Gasteiger partial charge is 0.431 e. The Morgan fingerprint density at radius 2 is 2.07 bits per heavy atom. The third kappa shape index (κ3) is 4.99. The van der Waals surface area contributed by atoms with Crippen molar-refractivity contribution in [3.63, 3.8) is 0 Å². The molecular weight excluding hydrogens is 217 g/mol. The molecule has 0 fully saturated rings. The first kappa shape index (κ1) is 13.4. The van der Waals surface area contributed by atoms with Gasteiger partial charge in [0.15, 0.2) is 5.71 Å². The number of nitrogens with zero attached hydrogens (tertiary/aromatic N) is 2. The Morgan fingerprint density at radius 3 is 2.40 bits per heavy atom. The molecule has 8 heteroatoms. The Balaban J connectivity index is 4.82. The third-order valence-corrected chi connectivity index (χ3v) is 1.30. The molecule has 0 saturated carbocycles. The summed E-state index contributed by atoms with van der Waals surface area (Å²) < 4.78 is 40.8. The quantitative estimate of drug-likeness (QED) is 0.304. The van der Waals surface area contributed by atoms with Crippen LogP contribution in [0.1, 0.15) is 6.42 Å². The molecule has 0 aromatic heterocycles. The van der Waals surface area contributed by atoms with Crippen molar-refractivity contribution in [2.45, 2.75) is 12.6 Å². The number of hydrogen-bond donors (Lipinski definition) is 0. The predicted octanol–water partition coefficient (Wildman–Crippen LogP) is 0.556. The van der Waals surface area contributed by atoms with E-state index in [1.54, 1.807) is 0 Å². The lowest BCUT2D eigenvalue weighted by Gasteiger charge is -2.11. The fraction of sp³-hybridized carbons (Fsp3) is 0.571. The minimum atomic E-state index is -4.77. The lowest BCUT2D eigenvalue weighted by Crippen LogP contribution is -2.29. The van der Waals surface area contributed by atoms with E-state index in [1.807, 2.05) is 0 Å². The van der Waals surface area contributed by atoms with Crippen LogP contribution in [0.3, 0.4) is 0 Å². The minimum Gasteiger partial charge on any atom is -0.469 e. The minimum absolute atomic E-state index is 0.0863. The van der Waals surface area contributed by atoms with E-state index in [1.165, 1.54) is 0 Å². The summed E-state index contributed by atoms with van der Waals surface area (Å²) in [5, 5.41) is 3.33. The van der Waals surface area contributed by atoms with Gasteiger partial charge in [-0.25, -0.2) is 5.01 Å². The highest BCUT2D eigenvalue weighted by molar-refractivity contribution is 6.02. The van der Waals surface area contributed by atoms with Gasteiger partial charge in [-0.05, 0) is 0 Å². The van der Waals surface area contributed by atoms with Crippen LogP contribution in [-0.2, 0) is 14.3 Å². The maximum atomic E-state index is 12.2. The van der Waals surface area contributed by atoms with Crippen molar-refractivity contribution in [1.29, 1.82) is 0 Å². The van der Waals surface area contributed by atoms with E-state index in [4.69, 9.17) is 0 Å². The molecule has 0 rings (SSSR count). The highest BCUT2D eigenvalue weighted by atomic mass is 19.4. The van der Waals surface area contributed by atoms with Gasteiger partial charge in [-0.2, -0.15) is 18.3 Å². The largest absolute Gasteiger partial charge is 0.469 e. The molecule has 0 bridgehead atoms. The average Bonchev–Trinajstić information content (AvgIpc) is 2.14. The van der Waals surface area contributed by atoms with Gasteiger partial charge < -0.3 is 4.74 Å². The van der Waals surface area contributed by atoms with Crippen molar-refractivity contribution >= 4 is 18.1 Å². The van der Waals surface area contributed by atoms with Gasteiger partial charge in [-0.3, -0.25) is 9.59 Å². The molecule has 0 spiro atoms. The van der Waals surface area contributed by atoms with Crippen LogP contribution in [0.2, 0.25) is 0 Å². The summed E-state index contributed by atoms with van der Waals surface area (Å²) in [6, 6.07) is 0. The second-order valence-electron chi connectivity index (χ2n) is 2.48. The van der Waals surface area contributed by atoms with Crippen LogP contribution in [0, 0.1) is 0 Å². The highest BCUT2D eigenvalue weighted by Gasteiger charge is 2.37. The standard InChI is InChI=1S/C7H9F3N2O3/c1-12(4-13)11-5(7(8,9)10)3-6(14)15-2/h4H,3H2,1-2H3/b11-5+. The molecule has 86 valence electrons. The van der Waals surface area contributed by atoms with Crippen molar-refractivity contribution in [3.05, 3.63) is 0 Å². The van der Waals surface area contributed by atoms with Gasteiger partial charge in [0.05, 0.1) is 13.5 Å². The molecule has 0 atom stereocenters. The second-order valence-corrected chi connectivity index (χ2v) is 2.48. The number of ether oxygens (including phenoxy) is 1. The monoisotopic (exact) mass is 226 g/mol. The fourth-order valence-electron chi connectivity index (χ4n) is 0.615. The maximum Gasteiger partial charge on any atom is 0.431 e. The number of carbonyl (C=O) groups is 2. The van der Waals surface area contributed by atoms with E-state index in [-0.39, 0.29) is 6.41 Å². The molecule has 0 aromatic rings. The number of hydrogen-bond acceptors (Lipinski definition) is 4. The number of halogens is 3. The first-order valence-corrected chi connectivity index (χ1v) is 3.71. The SMILES string of the molecule is COC(=O)C/C(=N\N(C)C=O)C(F)(F)F. The molecular formula is C7H9F3N2O3. The molecule has 0 heterocycles. The Labute approximate surface area is 83.5 Å². The molecule has 1 amide bonds. The van der Waals surface area contributed by atoms with Gasteiger partial charge >= 0.3 is 12.1 Å². The molecule has 0 aliphatic carbocycles. The van der Waals surface area contributed by atoms with Crippen LogP contribution in [0.4, 0.5) is 13.2 Å². The van der Waals surface area contributed by atoms with E-state index in [9.17, 15) is 22.8 Å². The topological polar surface area (TPSA) is 59.0 Å². The molecule has 0 unspecified atom stereocenters. The Bertz CT molecular complexity index is 275. The van der Waals surface area contributed by atoms with Crippen molar-refractivity contribution in [2.75, 3.05) is 14.2 Å². The summed E-state index contributed by atoms with van der Waals surface area (Å²) in [6.45, 7) is 0. The van der Waals surface area contributed by atoms with E-state index < -0.39 is 24.3 Å². The Kier molecular flexibility index (Phi) is 4.75. The van der Waals surface area contributed by atoms with E-state index in [0.717, 1.165) is 14.2 Å². The van der Waals surface area contributed by atoms with Gasteiger partial charge in [0, 0.05) is 7.05 Å². The summed E-state index contributed by atoms with van der Waals surface area (Å²) in [5.74, 6) is -1.08. The van der Waals surface area contributed by atoms with Gasteiger partial charge in [0.25, 0.3) is 0 Å². The zero-order chi connectivity index (χ0) is 12.1. The van der Waals surface area contributed by atoms with E-state index >= 15 is 0 Å². The molecule has 0 N–H and O–H groups in total. The van der Waals surface area contributed by atoms with E-state index in [2.05, 4.69) is 9.84 Å². The van der Waals surface area contributed by atoms with Gasteiger partial charge in [0.2, 0.25) is 6.41 Å². The maximum absolute atomic E-state index is 12.2. The van der Waals surface area contributed by atoms with Crippen molar-refractivity contribution < 1.29 is 27.5 Å². The molecule has 5 nitrogen and oxygen atoms in total. The zero-order valence-corrected chi connectivity index (χ0v) is 8.04. The number of esters is 1. The Morgan fingerprint density at radius 1 is 1.53 bits per heavy atom. The molecule has 0 saturated heterocycles. The summed E-state index contributed by atoms with van der Waals surface area (Å²) in [7, 11) is 1.98. The third-order valence-electron chi connectivity index (χ3n) is 1.30. The normalized spacial score (nSPS) is 12.2. The van der Waals surface area contributed by atoms with Gasteiger partial charge in [0.1, 0.15) is 0 Å². The number of methoxy groups -OCH3 is 1. The first-order valence-electron chi connectivity index (χ1n) is 3.71. The van der Waals surface area contributed by atoms with Crippen molar-refractivity contribution in [3.8, 4) is 0 Å². The molecule has 0 aliphatic heterocycles. The lowest BCUT2D eigenvalue weighted by molar-refractivity contribution is -0.140. The number of carbonyl (C=O) groups excluding carboxylic acids is 2. The lowest BCUT2D eigenvalue weighted by atomic mass is 10.2. The van der Waals surface area contributed by atoms with Crippen molar-refractivity contribution in [1.82, 2.24) is 5.01 Å². The number of hydrazone groups is 1. The fourth-order valence-corrected chi connectivity index (χ4v) is 0.615. The summed E-state index contributed by atoms with van der Waals surface area (Å²) in [6.07, 6.45) is -5.72. The summed E-state index contributed by atoms with van der Waals surface area (Å²) in [4.78, 5) is 20.7. The number of amides is 1. The first-order chi connectivity index (χ1) is 6.81. The number of alkyl halides is 3. The van der Waals surface area contributed by atoms with Crippen LogP contribution < -0.4 is 0 Å². The van der Waals surface area contributed by atoms with Crippen LogP contribution in [-0.4, -0.2) is 43.4 Å². The van der Waals surface area contributed by atoms with Crippen LogP contribution in [0.15, 0.2) is 5.10 Å². The molecule has 0 radical (unpaired) electrons. The summed E-state index contributed by atoms with van der Waals surface area (Å²) >= 11 is 0. The summed E-state index contributed by atoms with van der Waals surface area (Å²) in [5.41, 5.74) is -1.39. The van der Waals surface area contributed by atoms with Gasteiger partial charge in [-0.15, -0.1) is 0 Å². The molecule has 0 aromatic carbocycles. The molecule has 15 heavy (non-hydrogen) atoms. The van der Waals surface area contributed by atoms with Crippen LogP contribution in [0.25, 0.3) is 0 Å². The van der Waals surface area contributed by atoms with Crippen LogP contribution >= 0.6 is 0 Å². The van der Waals surface area contributed by atoms with Crippen LogP contribution in [0.5, 0.6) is 0 Å². The second kappa shape index (κ2) is 5.32. The highest BCUT2D eigenvalue weighted by Crippen LogP contribution is 2.20.